The molecule has 8 nitrogen and oxygen atoms in total. The highest BCUT2D eigenvalue weighted by Crippen LogP contribution is 2.31. The predicted octanol–water partition coefficient (Wildman–Crippen LogP) is -0.0328. The number of rotatable bonds is 3. The van der Waals surface area contributed by atoms with Crippen LogP contribution in [0.4, 0.5) is 0 Å². The number of para-hydroxylation sites is 2. The van der Waals surface area contributed by atoms with Crippen LogP contribution in [0, 0.1) is 0 Å². The van der Waals surface area contributed by atoms with Gasteiger partial charge in [-0.25, -0.2) is 9.59 Å². The van der Waals surface area contributed by atoms with E-state index in [0.717, 1.165) is 4.57 Å². The second kappa shape index (κ2) is 6.23. The Morgan fingerprint density at radius 2 is 1.92 bits per heavy atom. The fraction of sp³-hybridized carbons (Fsp3) is 0.312. The van der Waals surface area contributed by atoms with Crippen LogP contribution in [0.5, 0.6) is 11.5 Å². The number of carbonyl (C=O) groups excluding carboxylic acids is 1. The number of nitrogens with zero attached hydrogens (tertiary/aromatic N) is 2. The van der Waals surface area contributed by atoms with E-state index in [2.05, 4.69) is 0 Å². The molecule has 0 saturated carbocycles. The van der Waals surface area contributed by atoms with E-state index in [1.165, 1.54) is 24.7 Å². The van der Waals surface area contributed by atoms with Gasteiger partial charge in [-0.1, -0.05) is 12.1 Å². The molecular formula is C16H16N2O6. The lowest BCUT2D eigenvalue weighted by molar-refractivity contribution is -0.156. The van der Waals surface area contributed by atoms with Crippen molar-refractivity contribution < 1.29 is 19.0 Å². The molecule has 3 rings (SSSR count). The van der Waals surface area contributed by atoms with Gasteiger partial charge >= 0.3 is 11.7 Å². The first-order valence-electron chi connectivity index (χ1n) is 7.28. The zero-order valence-corrected chi connectivity index (χ0v) is 13.2. The van der Waals surface area contributed by atoms with Gasteiger partial charge in [0.1, 0.15) is 13.2 Å². The van der Waals surface area contributed by atoms with Crippen molar-refractivity contribution in [3.8, 4) is 11.5 Å². The highest BCUT2D eigenvalue weighted by molar-refractivity contribution is 5.76. The van der Waals surface area contributed by atoms with E-state index in [1.54, 1.807) is 24.3 Å². The molecule has 126 valence electrons. The molecule has 2 heterocycles. The van der Waals surface area contributed by atoms with Crippen LogP contribution < -0.4 is 20.7 Å². The molecule has 0 fully saturated rings. The maximum absolute atomic E-state index is 12.1. The van der Waals surface area contributed by atoms with Crippen molar-refractivity contribution in [3.05, 3.63) is 56.9 Å². The summed E-state index contributed by atoms with van der Waals surface area (Å²) >= 11 is 0. The minimum Gasteiger partial charge on any atom is -0.485 e. The zero-order valence-electron chi connectivity index (χ0n) is 13.2. The van der Waals surface area contributed by atoms with E-state index in [4.69, 9.17) is 14.2 Å². The molecular weight excluding hydrogens is 316 g/mol. The molecule has 0 bridgehead atoms. The number of carbonyl (C=O) groups is 1. The van der Waals surface area contributed by atoms with Crippen LogP contribution in [0.15, 0.2) is 39.9 Å². The summed E-state index contributed by atoms with van der Waals surface area (Å²) in [7, 11) is 2.88. The SMILES string of the molecule is Cn1c(COC(=O)[C@H]2COc3ccccc3O2)cc(=O)n(C)c1=O. The highest BCUT2D eigenvalue weighted by Gasteiger charge is 2.28. The maximum Gasteiger partial charge on any atom is 0.351 e. The fourth-order valence-corrected chi connectivity index (χ4v) is 2.29. The first-order chi connectivity index (χ1) is 11.5. The second-order valence-corrected chi connectivity index (χ2v) is 5.35. The summed E-state index contributed by atoms with van der Waals surface area (Å²) in [6.45, 7) is -0.173. The standard InChI is InChI=1S/C16H16N2O6/c1-17-10(7-14(19)18(2)16(17)21)8-23-15(20)13-9-22-11-5-3-4-6-12(11)24-13/h3-7,13H,8-9H2,1-2H3/t13-/m1/s1. The Bertz CT molecular complexity index is 898. The number of esters is 1. The van der Waals surface area contributed by atoms with Crippen molar-refractivity contribution in [2.75, 3.05) is 6.61 Å². The fourth-order valence-electron chi connectivity index (χ4n) is 2.29. The van der Waals surface area contributed by atoms with Crippen molar-refractivity contribution in [1.82, 2.24) is 9.13 Å². The molecule has 1 aromatic carbocycles. The van der Waals surface area contributed by atoms with Crippen LogP contribution in [0.3, 0.4) is 0 Å². The molecule has 0 radical (unpaired) electrons. The second-order valence-electron chi connectivity index (χ2n) is 5.35. The van der Waals surface area contributed by atoms with E-state index >= 15 is 0 Å². The monoisotopic (exact) mass is 332 g/mol. The van der Waals surface area contributed by atoms with Crippen molar-refractivity contribution in [1.29, 1.82) is 0 Å². The number of hydrogen-bond donors (Lipinski definition) is 0. The smallest absolute Gasteiger partial charge is 0.351 e. The maximum atomic E-state index is 12.1. The summed E-state index contributed by atoms with van der Waals surface area (Å²) in [6.07, 6.45) is -0.900. The Morgan fingerprint density at radius 1 is 1.21 bits per heavy atom. The van der Waals surface area contributed by atoms with Crippen molar-refractivity contribution in [2.24, 2.45) is 14.1 Å². The van der Waals surface area contributed by atoms with Gasteiger partial charge in [-0.15, -0.1) is 0 Å². The lowest BCUT2D eigenvalue weighted by Crippen LogP contribution is -2.40. The Hall–Kier alpha value is -3.03. The van der Waals surface area contributed by atoms with Crippen LogP contribution in [-0.4, -0.2) is 27.8 Å². The largest absolute Gasteiger partial charge is 0.485 e. The highest BCUT2D eigenvalue weighted by atomic mass is 16.6. The van der Waals surface area contributed by atoms with E-state index in [-0.39, 0.29) is 13.2 Å². The van der Waals surface area contributed by atoms with Crippen molar-refractivity contribution >= 4 is 5.97 Å². The third-order valence-electron chi connectivity index (χ3n) is 3.76. The van der Waals surface area contributed by atoms with Gasteiger partial charge in [0.2, 0.25) is 6.10 Å². The zero-order chi connectivity index (χ0) is 17.3. The molecule has 2 aromatic rings. The van der Waals surface area contributed by atoms with Gasteiger partial charge in [0.05, 0.1) is 5.69 Å². The molecule has 0 saturated heterocycles. The Kier molecular flexibility index (Phi) is 4.11. The topological polar surface area (TPSA) is 88.8 Å². The minimum absolute atomic E-state index is 0.0331. The molecule has 1 aliphatic heterocycles. The Labute approximate surface area is 136 Å². The lowest BCUT2D eigenvalue weighted by atomic mass is 10.2. The predicted molar refractivity (Wildman–Crippen MR) is 83.1 cm³/mol. The first-order valence-corrected chi connectivity index (χ1v) is 7.28. The quantitative estimate of drug-likeness (QED) is 0.733. The summed E-state index contributed by atoms with van der Waals surface area (Å²) in [4.78, 5) is 35.6. The lowest BCUT2D eigenvalue weighted by Gasteiger charge is -2.25. The van der Waals surface area contributed by atoms with Gasteiger partial charge in [0.25, 0.3) is 5.56 Å². The summed E-state index contributed by atoms with van der Waals surface area (Å²) in [6, 6.07) is 8.26. The van der Waals surface area contributed by atoms with Crippen molar-refractivity contribution in [3.63, 3.8) is 0 Å². The van der Waals surface area contributed by atoms with Gasteiger partial charge in [0, 0.05) is 20.2 Å². The summed E-state index contributed by atoms with van der Waals surface area (Å²) < 4.78 is 18.4. The Balaban J connectivity index is 1.69. The Morgan fingerprint density at radius 3 is 2.67 bits per heavy atom. The third kappa shape index (κ3) is 2.90. The van der Waals surface area contributed by atoms with E-state index in [1.807, 2.05) is 0 Å². The van der Waals surface area contributed by atoms with Gasteiger partial charge in [-0.3, -0.25) is 13.9 Å². The molecule has 0 unspecified atom stereocenters. The number of benzene rings is 1. The van der Waals surface area contributed by atoms with Crippen LogP contribution in [0.25, 0.3) is 0 Å². The molecule has 24 heavy (non-hydrogen) atoms. The summed E-state index contributed by atoms with van der Waals surface area (Å²) in [5.41, 5.74) is -0.649. The molecule has 1 aliphatic rings. The minimum atomic E-state index is -0.900. The number of ether oxygens (including phenoxy) is 3. The summed E-state index contributed by atoms with van der Waals surface area (Å²) in [5.74, 6) is 0.403. The number of hydrogen-bond acceptors (Lipinski definition) is 6. The molecule has 8 heteroatoms. The molecule has 1 atom stereocenters. The van der Waals surface area contributed by atoms with E-state index < -0.39 is 23.3 Å². The van der Waals surface area contributed by atoms with E-state index in [9.17, 15) is 14.4 Å². The molecule has 1 aromatic heterocycles. The van der Waals surface area contributed by atoms with Gasteiger partial charge in [-0.05, 0) is 12.1 Å². The normalized spacial score (nSPS) is 15.8. The molecule has 0 spiro atoms. The van der Waals surface area contributed by atoms with Crippen LogP contribution >= 0.6 is 0 Å². The third-order valence-corrected chi connectivity index (χ3v) is 3.76. The van der Waals surface area contributed by atoms with Gasteiger partial charge in [0.15, 0.2) is 11.5 Å². The van der Waals surface area contributed by atoms with Crippen LogP contribution in [0.2, 0.25) is 0 Å². The van der Waals surface area contributed by atoms with Crippen LogP contribution in [-0.2, 0) is 30.2 Å². The number of aromatic nitrogens is 2. The van der Waals surface area contributed by atoms with Crippen LogP contribution in [0.1, 0.15) is 5.69 Å². The molecule has 0 amide bonds. The molecule has 0 N–H and O–H groups in total. The molecule has 0 aliphatic carbocycles. The number of fused-ring (bicyclic) bond motifs is 1. The van der Waals surface area contributed by atoms with E-state index in [0.29, 0.717) is 17.2 Å². The van der Waals surface area contributed by atoms with Gasteiger partial charge < -0.3 is 14.2 Å². The average molecular weight is 332 g/mol. The van der Waals surface area contributed by atoms with Gasteiger partial charge in [-0.2, -0.15) is 0 Å². The first kappa shape index (κ1) is 15.9. The summed E-state index contributed by atoms with van der Waals surface area (Å²) in [5, 5.41) is 0. The van der Waals surface area contributed by atoms with Crippen molar-refractivity contribution in [2.45, 2.75) is 12.7 Å². The average Bonchev–Trinajstić information content (AvgIpc) is 2.61.